The first kappa shape index (κ1) is 14.1. The summed E-state index contributed by atoms with van der Waals surface area (Å²) >= 11 is 0. The quantitative estimate of drug-likeness (QED) is 0.526. The number of aryl methyl sites for hydroxylation is 3. The third-order valence-electron chi connectivity index (χ3n) is 3.96. The topological polar surface area (TPSA) is 7.94 Å². The zero-order valence-corrected chi connectivity index (χ0v) is 16.8. The molecule has 2 nitrogen and oxygen atoms in total. The first-order chi connectivity index (χ1) is 11.7. The molecular weight excluding hydrogens is 357 g/mol. The fraction of sp³-hybridized carbons (Fsp3) is 0.250. The molecular formula is C20H21N2Y-. The van der Waals surface area contributed by atoms with Crippen molar-refractivity contribution in [3.05, 3.63) is 76.6 Å². The molecule has 0 unspecified atom stereocenters. The van der Waals surface area contributed by atoms with E-state index in [-0.39, 0.29) is 38.3 Å². The summed E-state index contributed by atoms with van der Waals surface area (Å²) in [5.41, 5.74) is 5.78. The molecule has 2 heterocycles. The van der Waals surface area contributed by atoms with E-state index < -0.39 is 6.85 Å². The molecule has 0 saturated carbocycles. The molecule has 3 heteroatoms. The Morgan fingerprint density at radius 2 is 2.09 bits per heavy atom. The van der Waals surface area contributed by atoms with E-state index in [2.05, 4.69) is 18.3 Å². The second kappa shape index (κ2) is 7.11. The van der Waals surface area contributed by atoms with Crippen LogP contribution >= 0.6 is 0 Å². The van der Waals surface area contributed by atoms with Crippen molar-refractivity contribution in [1.82, 2.24) is 9.14 Å². The van der Waals surface area contributed by atoms with Crippen molar-refractivity contribution in [3.8, 4) is 0 Å². The molecule has 115 valence electrons. The van der Waals surface area contributed by atoms with Crippen LogP contribution in [0, 0.1) is 26.1 Å². The molecule has 2 aromatic rings. The van der Waals surface area contributed by atoms with Crippen molar-refractivity contribution >= 4 is 11.3 Å². The minimum Gasteiger partial charge on any atom is -0.317 e. The van der Waals surface area contributed by atoms with Crippen molar-refractivity contribution in [2.75, 3.05) is 0 Å². The Bertz CT molecular complexity index is 979. The molecule has 0 aliphatic carbocycles. The van der Waals surface area contributed by atoms with E-state index in [0.29, 0.717) is 5.57 Å². The van der Waals surface area contributed by atoms with Gasteiger partial charge in [-0.25, -0.2) is 5.57 Å². The molecule has 1 aromatic carbocycles. The van der Waals surface area contributed by atoms with Crippen LogP contribution in [0.4, 0.5) is 5.69 Å². The second-order valence-corrected chi connectivity index (χ2v) is 5.59. The Labute approximate surface area is 168 Å². The molecule has 0 amide bonds. The Morgan fingerprint density at radius 1 is 1.30 bits per heavy atom. The minimum absolute atomic E-state index is 0. The van der Waals surface area contributed by atoms with Crippen molar-refractivity contribution in [2.24, 2.45) is 7.05 Å². The van der Waals surface area contributed by atoms with Crippen LogP contribution in [0.15, 0.2) is 42.1 Å². The maximum Gasteiger partial charge on any atom is 0.221 e. The third kappa shape index (κ3) is 3.20. The van der Waals surface area contributed by atoms with Crippen LogP contribution in [-0.2, 0) is 39.8 Å². The summed E-state index contributed by atoms with van der Waals surface area (Å²) in [6.45, 7) is 3.47. The molecule has 0 fully saturated rings. The summed E-state index contributed by atoms with van der Waals surface area (Å²) in [6.07, 6.45) is 8.17. The van der Waals surface area contributed by atoms with Gasteiger partial charge in [-0.3, -0.25) is 10.1 Å². The first-order valence-corrected chi connectivity index (χ1v) is 7.29. The van der Waals surface area contributed by atoms with Crippen LogP contribution in [0.1, 0.15) is 34.6 Å². The average Bonchev–Trinajstić information content (AvgIpc) is 2.90. The maximum absolute atomic E-state index is 7.85. The number of pyridine rings is 1. The summed E-state index contributed by atoms with van der Waals surface area (Å²) in [5, 5.41) is 0. The summed E-state index contributed by atoms with van der Waals surface area (Å²) < 4.78 is 27.5. The predicted octanol–water partition coefficient (Wildman–Crippen LogP) is 3.67. The Hall–Kier alpha value is -1.25. The van der Waals surface area contributed by atoms with E-state index in [1.807, 2.05) is 60.5 Å². The minimum atomic E-state index is -2.23. The van der Waals surface area contributed by atoms with E-state index in [9.17, 15) is 0 Å². The van der Waals surface area contributed by atoms with Crippen LogP contribution in [0.25, 0.3) is 5.57 Å². The molecule has 23 heavy (non-hydrogen) atoms. The van der Waals surface area contributed by atoms with E-state index in [1.54, 1.807) is 6.92 Å². The Balaban J connectivity index is 0.00000243. The van der Waals surface area contributed by atoms with Crippen molar-refractivity contribution in [2.45, 2.75) is 27.6 Å². The largest absolute Gasteiger partial charge is 0.317 e. The number of para-hydroxylation sites is 1. The number of nitrogens with zero attached hydrogens (tertiary/aromatic N) is 2. The predicted molar refractivity (Wildman–Crippen MR) is 91.0 cm³/mol. The van der Waals surface area contributed by atoms with E-state index in [1.165, 1.54) is 0 Å². The zero-order chi connectivity index (χ0) is 18.4. The van der Waals surface area contributed by atoms with E-state index >= 15 is 0 Å². The monoisotopic (exact) mass is 381 g/mol. The maximum atomic E-state index is 7.85. The van der Waals surface area contributed by atoms with Crippen LogP contribution in [0.2, 0.25) is 0 Å². The second-order valence-electron chi connectivity index (χ2n) is 5.59. The number of hydrogen-bond donors (Lipinski definition) is 0. The smallest absolute Gasteiger partial charge is 0.221 e. The number of rotatable bonds is 1. The third-order valence-corrected chi connectivity index (χ3v) is 3.96. The number of aromatic nitrogens is 1. The van der Waals surface area contributed by atoms with E-state index in [4.69, 9.17) is 4.11 Å². The van der Waals surface area contributed by atoms with Crippen molar-refractivity contribution in [1.29, 1.82) is 0 Å². The standard InChI is InChI=1S/C20H21N2.Y/c1-6-15(3)18-13-22(19-12-14(2)10-11-21(19)5)20-16(4)8-7-9-17(18)20;/h7-12H,1-5H3;/q-1;/i3D3;. The molecule has 3 rings (SSSR count). The summed E-state index contributed by atoms with van der Waals surface area (Å²) in [5.74, 6) is 0. The average molecular weight is 381 g/mol. The fourth-order valence-electron chi connectivity index (χ4n) is 2.75. The number of benzene rings is 1. The molecule has 1 aliphatic rings. The SMILES string of the molecule is [2H]C([2H])([2H])C(=[C-]C)C1=[C-][N+](=c2cc(C)ccn2C)c2c(C)cccc21.[Y]. The van der Waals surface area contributed by atoms with Gasteiger partial charge in [-0.1, -0.05) is 12.1 Å². The summed E-state index contributed by atoms with van der Waals surface area (Å²) in [7, 11) is 1.97. The van der Waals surface area contributed by atoms with Gasteiger partial charge in [-0.2, -0.15) is 0 Å². The van der Waals surface area contributed by atoms with Crippen LogP contribution < -0.4 is 10.1 Å². The number of hydrogen-bond acceptors (Lipinski definition) is 0. The molecule has 1 radical (unpaired) electrons. The van der Waals surface area contributed by atoms with Gasteiger partial charge in [0.1, 0.15) is 0 Å². The van der Waals surface area contributed by atoms with Gasteiger partial charge in [0.05, 0.1) is 13.2 Å². The molecule has 0 atom stereocenters. The van der Waals surface area contributed by atoms with Crippen LogP contribution in [-0.4, -0.2) is 4.57 Å². The number of allylic oxidation sites excluding steroid dienone is 3. The Kier molecular flexibility index (Phi) is 4.37. The van der Waals surface area contributed by atoms with Gasteiger partial charge >= 0.3 is 0 Å². The van der Waals surface area contributed by atoms with Gasteiger partial charge in [-0.05, 0) is 43.3 Å². The van der Waals surface area contributed by atoms with Gasteiger partial charge in [0.15, 0.2) is 0 Å². The molecule has 0 N–H and O–H groups in total. The molecule has 0 saturated heterocycles. The fourth-order valence-corrected chi connectivity index (χ4v) is 2.75. The van der Waals surface area contributed by atoms with Gasteiger partial charge in [0.25, 0.3) is 0 Å². The van der Waals surface area contributed by atoms with Crippen LogP contribution in [0.5, 0.6) is 0 Å². The van der Waals surface area contributed by atoms with Crippen molar-refractivity contribution < 1.29 is 36.8 Å². The van der Waals surface area contributed by atoms with Crippen molar-refractivity contribution in [3.63, 3.8) is 0 Å². The number of fused-ring (bicyclic) bond motifs is 1. The first-order valence-electron chi connectivity index (χ1n) is 8.79. The Morgan fingerprint density at radius 3 is 2.78 bits per heavy atom. The molecule has 0 spiro atoms. The molecule has 0 bridgehead atoms. The van der Waals surface area contributed by atoms with Gasteiger partial charge < -0.3 is 10.7 Å². The summed E-state index contributed by atoms with van der Waals surface area (Å²) in [4.78, 5) is 0. The van der Waals surface area contributed by atoms with Crippen LogP contribution in [0.3, 0.4) is 0 Å². The van der Waals surface area contributed by atoms with Gasteiger partial charge in [-0.15, -0.1) is 25.4 Å². The van der Waals surface area contributed by atoms with Gasteiger partial charge in [0, 0.05) is 42.5 Å². The zero-order valence-electron chi connectivity index (χ0n) is 16.9. The van der Waals surface area contributed by atoms with Gasteiger partial charge in [0.2, 0.25) is 5.49 Å². The van der Waals surface area contributed by atoms with E-state index in [0.717, 1.165) is 27.9 Å². The summed E-state index contributed by atoms with van der Waals surface area (Å²) in [6, 6.07) is 10.0. The molecule has 1 aliphatic heterocycles. The molecule has 1 aromatic heterocycles. The normalized spacial score (nSPS) is 18.3.